The van der Waals surface area contributed by atoms with E-state index in [1.54, 1.807) is 7.11 Å². The maximum Gasteiger partial charge on any atom is 0.119 e. The molecule has 21 heavy (non-hydrogen) atoms. The number of hydrogen-bond acceptors (Lipinski definition) is 3. The largest absolute Gasteiger partial charge is 0.497 e. The van der Waals surface area contributed by atoms with Crippen LogP contribution in [0.5, 0.6) is 5.75 Å². The van der Waals surface area contributed by atoms with Crippen LogP contribution in [-0.4, -0.2) is 13.7 Å². The van der Waals surface area contributed by atoms with Crippen LogP contribution >= 0.6 is 15.9 Å². The minimum atomic E-state index is 0.854. The smallest absolute Gasteiger partial charge is 0.119 e. The molecule has 0 unspecified atom stereocenters. The van der Waals surface area contributed by atoms with E-state index in [1.807, 2.05) is 12.1 Å². The fourth-order valence-corrected chi connectivity index (χ4v) is 3.18. The van der Waals surface area contributed by atoms with Crippen molar-refractivity contribution in [2.45, 2.75) is 19.9 Å². The zero-order chi connectivity index (χ0) is 15.0. The summed E-state index contributed by atoms with van der Waals surface area (Å²) >= 11 is 3.63. The van der Waals surface area contributed by atoms with Crippen molar-refractivity contribution in [2.75, 3.05) is 24.3 Å². The van der Waals surface area contributed by atoms with Crippen LogP contribution in [-0.2, 0) is 13.0 Å². The van der Waals surface area contributed by atoms with Crippen LogP contribution in [0.25, 0.3) is 0 Å². The fourth-order valence-electron chi connectivity index (χ4n) is 2.81. The Hall–Kier alpha value is -1.68. The van der Waals surface area contributed by atoms with Gasteiger partial charge in [0.2, 0.25) is 0 Å². The van der Waals surface area contributed by atoms with Gasteiger partial charge in [0.25, 0.3) is 0 Å². The second kappa shape index (κ2) is 5.60. The van der Waals surface area contributed by atoms with Crippen LogP contribution < -0.4 is 15.4 Å². The van der Waals surface area contributed by atoms with Crippen molar-refractivity contribution in [3.63, 3.8) is 0 Å². The number of rotatable bonds is 3. The van der Waals surface area contributed by atoms with Crippen LogP contribution in [0.3, 0.4) is 0 Å². The van der Waals surface area contributed by atoms with Crippen molar-refractivity contribution >= 4 is 27.3 Å². The molecule has 2 N–H and O–H groups in total. The molecule has 4 heteroatoms. The number of benzene rings is 2. The van der Waals surface area contributed by atoms with E-state index in [-0.39, 0.29) is 0 Å². The molecule has 2 aromatic carbocycles. The van der Waals surface area contributed by atoms with Gasteiger partial charge in [0.1, 0.15) is 5.75 Å². The third-order valence-corrected chi connectivity index (χ3v) is 4.85. The molecule has 0 radical (unpaired) electrons. The highest BCUT2D eigenvalue weighted by atomic mass is 79.9. The van der Waals surface area contributed by atoms with Gasteiger partial charge in [-0.05, 0) is 54.3 Å². The molecule has 0 aromatic heterocycles. The topological polar surface area (TPSA) is 38.5 Å². The number of anilines is 2. The van der Waals surface area contributed by atoms with Crippen molar-refractivity contribution < 1.29 is 4.74 Å². The summed E-state index contributed by atoms with van der Waals surface area (Å²) in [6.07, 6.45) is 1.08. The van der Waals surface area contributed by atoms with Gasteiger partial charge in [0.15, 0.2) is 0 Å². The van der Waals surface area contributed by atoms with Crippen LogP contribution in [0.15, 0.2) is 34.8 Å². The first kappa shape index (κ1) is 14.3. The van der Waals surface area contributed by atoms with Crippen LogP contribution in [0.2, 0.25) is 0 Å². The Labute approximate surface area is 133 Å². The summed E-state index contributed by atoms with van der Waals surface area (Å²) in [7, 11) is 1.70. The average Bonchev–Trinajstić information content (AvgIpc) is 2.84. The Bertz CT molecular complexity index is 685. The SMILES string of the molecule is COc1ccc(Br)c(CN2CCc3cc(C)c(N)cc32)c1. The average molecular weight is 347 g/mol. The lowest BCUT2D eigenvalue weighted by molar-refractivity contribution is 0.414. The Balaban J connectivity index is 1.90. The molecule has 1 aliphatic rings. The Morgan fingerprint density at radius 2 is 2.10 bits per heavy atom. The number of nitrogens with two attached hydrogens (primary N) is 1. The highest BCUT2D eigenvalue weighted by Gasteiger charge is 2.21. The fraction of sp³-hybridized carbons (Fsp3) is 0.294. The molecule has 0 saturated carbocycles. The monoisotopic (exact) mass is 346 g/mol. The molecule has 1 heterocycles. The second-order valence-corrected chi connectivity index (χ2v) is 6.32. The third-order valence-electron chi connectivity index (χ3n) is 4.07. The second-order valence-electron chi connectivity index (χ2n) is 5.47. The van der Waals surface area contributed by atoms with Gasteiger partial charge < -0.3 is 15.4 Å². The normalized spacial score (nSPS) is 13.4. The molecule has 0 saturated heterocycles. The van der Waals surface area contributed by atoms with Gasteiger partial charge >= 0.3 is 0 Å². The maximum atomic E-state index is 6.07. The zero-order valence-electron chi connectivity index (χ0n) is 12.3. The predicted molar refractivity (Wildman–Crippen MR) is 91.0 cm³/mol. The lowest BCUT2D eigenvalue weighted by atomic mass is 10.1. The summed E-state index contributed by atoms with van der Waals surface area (Å²) in [6, 6.07) is 10.4. The molecule has 3 rings (SSSR count). The van der Waals surface area contributed by atoms with E-state index in [1.165, 1.54) is 16.8 Å². The Morgan fingerprint density at radius 3 is 2.86 bits per heavy atom. The molecule has 0 spiro atoms. The molecule has 0 aliphatic carbocycles. The van der Waals surface area contributed by atoms with Gasteiger partial charge in [-0.3, -0.25) is 0 Å². The van der Waals surface area contributed by atoms with Crippen molar-refractivity contribution in [3.05, 3.63) is 51.5 Å². The quantitative estimate of drug-likeness (QED) is 0.856. The van der Waals surface area contributed by atoms with E-state index in [0.717, 1.165) is 41.0 Å². The Kier molecular flexibility index (Phi) is 3.81. The highest BCUT2D eigenvalue weighted by molar-refractivity contribution is 9.10. The number of fused-ring (bicyclic) bond motifs is 1. The number of nitrogens with zero attached hydrogens (tertiary/aromatic N) is 1. The first-order chi connectivity index (χ1) is 10.1. The van der Waals surface area contributed by atoms with Crippen LogP contribution in [0.1, 0.15) is 16.7 Å². The maximum absolute atomic E-state index is 6.07. The van der Waals surface area contributed by atoms with Gasteiger partial charge in [0.05, 0.1) is 7.11 Å². The van der Waals surface area contributed by atoms with Gasteiger partial charge in [-0.15, -0.1) is 0 Å². The van der Waals surface area contributed by atoms with Gasteiger partial charge in [-0.1, -0.05) is 22.0 Å². The summed E-state index contributed by atoms with van der Waals surface area (Å²) in [5.74, 6) is 0.885. The summed E-state index contributed by atoms with van der Waals surface area (Å²) in [6.45, 7) is 3.95. The number of aryl methyl sites for hydroxylation is 1. The van der Waals surface area contributed by atoms with Crippen molar-refractivity contribution in [1.29, 1.82) is 0 Å². The molecule has 0 fully saturated rings. The number of hydrogen-bond donors (Lipinski definition) is 1. The first-order valence-electron chi connectivity index (χ1n) is 7.05. The predicted octanol–water partition coefficient (Wildman–Crippen LogP) is 3.91. The number of nitrogen functional groups attached to an aromatic ring is 1. The Morgan fingerprint density at radius 1 is 1.29 bits per heavy atom. The molecule has 2 aromatic rings. The summed E-state index contributed by atoms with van der Waals surface area (Å²) in [5.41, 5.74) is 12.0. The zero-order valence-corrected chi connectivity index (χ0v) is 13.9. The number of halogens is 1. The van der Waals surface area contributed by atoms with Crippen molar-refractivity contribution in [1.82, 2.24) is 0 Å². The minimum absolute atomic E-state index is 0.854. The standard InChI is InChI=1S/C17H19BrN2O/c1-11-7-12-5-6-20(17(12)9-16(11)19)10-13-8-14(21-2)3-4-15(13)18/h3-4,7-9H,5-6,10,19H2,1-2H3. The lowest BCUT2D eigenvalue weighted by Crippen LogP contribution is -2.20. The van der Waals surface area contributed by atoms with Crippen molar-refractivity contribution in [2.24, 2.45) is 0 Å². The lowest BCUT2D eigenvalue weighted by Gasteiger charge is -2.21. The van der Waals surface area contributed by atoms with Gasteiger partial charge in [0, 0.05) is 28.9 Å². The van der Waals surface area contributed by atoms with Crippen LogP contribution in [0, 0.1) is 6.92 Å². The van der Waals surface area contributed by atoms with Crippen LogP contribution in [0.4, 0.5) is 11.4 Å². The molecule has 0 amide bonds. The molecule has 1 aliphatic heterocycles. The summed E-state index contributed by atoms with van der Waals surface area (Å²) in [5, 5.41) is 0. The molecule has 3 nitrogen and oxygen atoms in total. The molecule has 0 atom stereocenters. The van der Waals surface area contributed by atoms with E-state index >= 15 is 0 Å². The number of ether oxygens (including phenoxy) is 1. The summed E-state index contributed by atoms with van der Waals surface area (Å²) < 4.78 is 6.43. The third kappa shape index (κ3) is 2.72. The van der Waals surface area contributed by atoms with E-state index in [9.17, 15) is 0 Å². The number of methoxy groups -OCH3 is 1. The molecule has 110 valence electrons. The van der Waals surface area contributed by atoms with E-state index in [0.29, 0.717) is 0 Å². The molecular formula is C17H19BrN2O. The molecular weight excluding hydrogens is 328 g/mol. The minimum Gasteiger partial charge on any atom is -0.497 e. The van der Waals surface area contributed by atoms with Crippen molar-refractivity contribution in [3.8, 4) is 5.75 Å². The van der Waals surface area contributed by atoms with Gasteiger partial charge in [-0.2, -0.15) is 0 Å². The highest BCUT2D eigenvalue weighted by Crippen LogP contribution is 2.34. The van der Waals surface area contributed by atoms with Gasteiger partial charge in [-0.25, -0.2) is 0 Å². The summed E-state index contributed by atoms with van der Waals surface area (Å²) in [4.78, 5) is 2.38. The van der Waals surface area contributed by atoms with E-state index < -0.39 is 0 Å². The first-order valence-corrected chi connectivity index (χ1v) is 7.84. The van der Waals surface area contributed by atoms with E-state index in [2.05, 4.69) is 46.0 Å². The molecule has 0 bridgehead atoms. The van der Waals surface area contributed by atoms with E-state index in [4.69, 9.17) is 10.5 Å².